The summed E-state index contributed by atoms with van der Waals surface area (Å²) < 4.78 is 11.1. The van der Waals surface area contributed by atoms with Gasteiger partial charge in [-0.2, -0.15) is 0 Å². The first-order valence-electron chi connectivity index (χ1n) is 6.83. The van der Waals surface area contributed by atoms with E-state index in [0.29, 0.717) is 26.2 Å². The van der Waals surface area contributed by atoms with Crippen LogP contribution in [0.1, 0.15) is 12.0 Å². The Bertz CT molecular complexity index is 455. The van der Waals surface area contributed by atoms with Crippen LogP contribution in [0.25, 0.3) is 0 Å². The molecule has 0 aliphatic rings. The first kappa shape index (κ1) is 17.9. The summed E-state index contributed by atoms with van der Waals surface area (Å²) in [6, 6.07) is 5.92. The maximum Gasteiger partial charge on any atom is 0.234 e. The van der Waals surface area contributed by atoms with Crippen LogP contribution < -0.4 is 10.1 Å². The van der Waals surface area contributed by atoms with Crippen molar-refractivity contribution >= 4 is 21.8 Å². The molecule has 21 heavy (non-hydrogen) atoms. The number of amides is 1. The van der Waals surface area contributed by atoms with Gasteiger partial charge in [-0.1, -0.05) is 6.07 Å². The summed E-state index contributed by atoms with van der Waals surface area (Å²) in [5, 5.41) is 2.87. The number of hydrogen-bond acceptors (Lipinski definition) is 4. The van der Waals surface area contributed by atoms with E-state index in [1.807, 2.05) is 30.1 Å². The van der Waals surface area contributed by atoms with Gasteiger partial charge in [-0.05, 0) is 47.1 Å². The Kier molecular flexibility index (Phi) is 8.34. The molecule has 0 bridgehead atoms. The predicted molar refractivity (Wildman–Crippen MR) is 86.5 cm³/mol. The van der Waals surface area contributed by atoms with E-state index in [1.54, 1.807) is 14.2 Å². The van der Waals surface area contributed by atoms with Crippen molar-refractivity contribution in [1.82, 2.24) is 10.2 Å². The second kappa shape index (κ2) is 9.76. The molecule has 0 unspecified atom stereocenters. The highest BCUT2D eigenvalue weighted by atomic mass is 79.9. The molecule has 5 nitrogen and oxygen atoms in total. The predicted octanol–water partition coefficient (Wildman–Crippen LogP) is 2.04. The van der Waals surface area contributed by atoms with Gasteiger partial charge in [-0.25, -0.2) is 0 Å². The van der Waals surface area contributed by atoms with Crippen molar-refractivity contribution < 1.29 is 14.3 Å². The summed E-state index contributed by atoms with van der Waals surface area (Å²) in [5.74, 6) is 0.832. The minimum atomic E-state index is 0.0289. The summed E-state index contributed by atoms with van der Waals surface area (Å²) in [5.41, 5.74) is 1.12. The molecule has 1 aromatic carbocycles. The third kappa shape index (κ3) is 6.93. The Morgan fingerprint density at radius 1 is 1.38 bits per heavy atom. The SMILES string of the molecule is COCCCNC(=O)CN(C)Cc1ccc(OC)c(Br)c1. The molecule has 0 aromatic heterocycles. The van der Waals surface area contributed by atoms with Crippen LogP contribution in [0.15, 0.2) is 22.7 Å². The molecule has 0 spiro atoms. The lowest BCUT2D eigenvalue weighted by molar-refractivity contribution is -0.122. The fraction of sp³-hybridized carbons (Fsp3) is 0.533. The molecule has 1 aromatic rings. The Labute approximate surface area is 134 Å². The molecule has 0 heterocycles. The standard InChI is InChI=1S/C15H23BrN2O3/c1-18(11-15(19)17-7-4-8-20-2)10-12-5-6-14(21-3)13(16)9-12/h5-6,9H,4,7-8,10-11H2,1-3H3,(H,17,19). The number of methoxy groups -OCH3 is 2. The zero-order valence-corrected chi connectivity index (χ0v) is 14.4. The summed E-state index contributed by atoms with van der Waals surface area (Å²) in [4.78, 5) is 13.7. The van der Waals surface area contributed by atoms with Gasteiger partial charge in [0.2, 0.25) is 5.91 Å². The number of carbonyl (C=O) groups excluding carboxylic acids is 1. The van der Waals surface area contributed by atoms with Gasteiger partial charge >= 0.3 is 0 Å². The van der Waals surface area contributed by atoms with E-state index in [-0.39, 0.29) is 5.91 Å². The third-order valence-corrected chi connectivity index (χ3v) is 3.55. The van der Waals surface area contributed by atoms with Gasteiger partial charge in [0, 0.05) is 26.8 Å². The Morgan fingerprint density at radius 3 is 2.76 bits per heavy atom. The summed E-state index contributed by atoms with van der Waals surface area (Å²) in [6.07, 6.45) is 0.831. The minimum Gasteiger partial charge on any atom is -0.496 e. The molecule has 0 aliphatic carbocycles. The van der Waals surface area contributed by atoms with Gasteiger partial charge in [0.1, 0.15) is 5.75 Å². The fourth-order valence-electron chi connectivity index (χ4n) is 1.92. The van der Waals surface area contributed by atoms with E-state index < -0.39 is 0 Å². The van der Waals surface area contributed by atoms with Crippen LogP contribution in [0, 0.1) is 0 Å². The number of hydrogen-bond donors (Lipinski definition) is 1. The molecule has 1 N–H and O–H groups in total. The maximum atomic E-state index is 11.8. The van der Waals surface area contributed by atoms with Crippen molar-refractivity contribution in [2.75, 3.05) is 41.0 Å². The Hall–Kier alpha value is -1.11. The number of likely N-dealkylation sites (N-methyl/N-ethyl adjacent to an activating group) is 1. The molecule has 0 saturated carbocycles. The lowest BCUT2D eigenvalue weighted by Crippen LogP contribution is -2.35. The number of carbonyl (C=O) groups is 1. The molecule has 118 valence electrons. The normalized spacial score (nSPS) is 10.7. The van der Waals surface area contributed by atoms with Crippen LogP contribution in [0.3, 0.4) is 0 Å². The van der Waals surface area contributed by atoms with Gasteiger partial charge in [0.05, 0.1) is 18.1 Å². The number of benzene rings is 1. The van der Waals surface area contributed by atoms with Crippen molar-refractivity contribution in [2.45, 2.75) is 13.0 Å². The van der Waals surface area contributed by atoms with Gasteiger partial charge < -0.3 is 14.8 Å². The topological polar surface area (TPSA) is 50.8 Å². The molecule has 0 fully saturated rings. The van der Waals surface area contributed by atoms with Gasteiger partial charge in [0.25, 0.3) is 0 Å². The number of halogens is 1. The zero-order chi connectivity index (χ0) is 15.7. The van der Waals surface area contributed by atoms with Gasteiger partial charge in [0.15, 0.2) is 0 Å². The van der Waals surface area contributed by atoms with Crippen LogP contribution in [-0.4, -0.2) is 51.8 Å². The lowest BCUT2D eigenvalue weighted by Gasteiger charge is -2.17. The fourth-order valence-corrected chi connectivity index (χ4v) is 2.51. The average molecular weight is 359 g/mol. The van der Waals surface area contributed by atoms with E-state index >= 15 is 0 Å². The molecule has 6 heteroatoms. The molecule has 1 rings (SSSR count). The summed E-state index contributed by atoms with van der Waals surface area (Å²) in [6.45, 7) is 2.38. The molecule has 0 saturated heterocycles. The van der Waals surface area contributed by atoms with Crippen LogP contribution in [0.4, 0.5) is 0 Å². The molecular weight excluding hydrogens is 336 g/mol. The van der Waals surface area contributed by atoms with Gasteiger partial charge in [-0.15, -0.1) is 0 Å². The van der Waals surface area contributed by atoms with Crippen molar-refractivity contribution in [1.29, 1.82) is 0 Å². The molecule has 0 aliphatic heterocycles. The molecular formula is C15H23BrN2O3. The van der Waals surface area contributed by atoms with Crippen molar-refractivity contribution in [3.63, 3.8) is 0 Å². The number of rotatable bonds is 9. The lowest BCUT2D eigenvalue weighted by atomic mass is 10.2. The Morgan fingerprint density at radius 2 is 2.14 bits per heavy atom. The number of nitrogens with zero attached hydrogens (tertiary/aromatic N) is 1. The van der Waals surface area contributed by atoms with Gasteiger partial charge in [-0.3, -0.25) is 9.69 Å². The molecule has 1 amide bonds. The van der Waals surface area contributed by atoms with Crippen LogP contribution in [0.2, 0.25) is 0 Å². The quantitative estimate of drug-likeness (QED) is 0.686. The first-order valence-corrected chi connectivity index (χ1v) is 7.62. The monoisotopic (exact) mass is 358 g/mol. The highest BCUT2D eigenvalue weighted by Crippen LogP contribution is 2.25. The minimum absolute atomic E-state index is 0.0289. The Balaban J connectivity index is 2.37. The van der Waals surface area contributed by atoms with E-state index in [4.69, 9.17) is 9.47 Å². The van der Waals surface area contributed by atoms with E-state index in [1.165, 1.54) is 0 Å². The van der Waals surface area contributed by atoms with Crippen molar-refractivity contribution in [3.05, 3.63) is 28.2 Å². The zero-order valence-electron chi connectivity index (χ0n) is 12.8. The van der Waals surface area contributed by atoms with E-state index in [2.05, 4.69) is 21.2 Å². The highest BCUT2D eigenvalue weighted by molar-refractivity contribution is 9.10. The van der Waals surface area contributed by atoms with Crippen molar-refractivity contribution in [3.8, 4) is 5.75 Å². The molecule has 0 atom stereocenters. The molecule has 0 radical (unpaired) electrons. The second-order valence-electron chi connectivity index (χ2n) is 4.84. The number of ether oxygens (including phenoxy) is 2. The highest BCUT2D eigenvalue weighted by Gasteiger charge is 2.08. The second-order valence-corrected chi connectivity index (χ2v) is 5.69. The van der Waals surface area contributed by atoms with Crippen LogP contribution in [0.5, 0.6) is 5.75 Å². The average Bonchev–Trinajstić information content (AvgIpc) is 2.43. The maximum absolute atomic E-state index is 11.8. The summed E-state index contributed by atoms with van der Waals surface area (Å²) in [7, 11) is 5.22. The number of nitrogens with one attached hydrogen (secondary N) is 1. The third-order valence-electron chi connectivity index (χ3n) is 2.93. The first-order chi connectivity index (χ1) is 10.1. The van der Waals surface area contributed by atoms with E-state index in [0.717, 1.165) is 22.2 Å². The van der Waals surface area contributed by atoms with Crippen LogP contribution >= 0.6 is 15.9 Å². The summed E-state index contributed by atoms with van der Waals surface area (Å²) >= 11 is 3.46. The van der Waals surface area contributed by atoms with Crippen molar-refractivity contribution in [2.24, 2.45) is 0 Å². The van der Waals surface area contributed by atoms with E-state index in [9.17, 15) is 4.79 Å². The van der Waals surface area contributed by atoms with Crippen LogP contribution in [-0.2, 0) is 16.1 Å². The largest absolute Gasteiger partial charge is 0.496 e. The smallest absolute Gasteiger partial charge is 0.234 e.